The number of hydrogen-bond acceptors (Lipinski definition) is 6. The van der Waals surface area contributed by atoms with E-state index in [0.29, 0.717) is 42.4 Å². The molecular formula is C31H29FO6. The molecule has 7 heteroatoms. The number of hydrogen-bond donors (Lipinski definition) is 0. The average molecular weight is 517 g/mol. The minimum atomic E-state index is -0.474. The number of halogens is 1. The Labute approximate surface area is 221 Å². The predicted octanol–water partition coefficient (Wildman–Crippen LogP) is 5.42. The maximum Gasteiger partial charge on any atom is 0.330 e. The summed E-state index contributed by atoms with van der Waals surface area (Å²) in [6.07, 6.45) is 3.72. The SMILES string of the molecule is C=CC(=O)OCCc1ccc(-c2cc(CCOC=O)c(-c3ccc(CCOC(=O)C=C)cc3)cc2F)cc1. The topological polar surface area (TPSA) is 78.9 Å². The standard InChI is InChI=1S/C31H29FO6/c1-3-30(34)37-17-13-22-5-9-24(10-6-22)27-20-29(32)28(19-26(27)15-16-36-21-33)25-11-7-23(8-12-25)14-18-38-31(35)4-2/h3-12,19-21H,1-2,13-18H2. The predicted molar refractivity (Wildman–Crippen MR) is 143 cm³/mol. The van der Waals surface area contributed by atoms with Crippen molar-refractivity contribution in [3.05, 3.63) is 108 Å². The molecule has 0 N–H and O–H groups in total. The Morgan fingerprint density at radius 3 is 1.68 bits per heavy atom. The van der Waals surface area contributed by atoms with E-state index in [9.17, 15) is 14.4 Å². The molecule has 0 bridgehead atoms. The van der Waals surface area contributed by atoms with E-state index in [4.69, 9.17) is 14.2 Å². The molecule has 3 rings (SSSR count). The van der Waals surface area contributed by atoms with E-state index < -0.39 is 11.9 Å². The Bertz CT molecular complexity index is 1280. The molecule has 0 unspecified atom stereocenters. The third-order valence-corrected chi connectivity index (χ3v) is 5.88. The molecule has 6 nitrogen and oxygen atoms in total. The monoisotopic (exact) mass is 516 g/mol. The molecular weight excluding hydrogens is 487 g/mol. The summed E-state index contributed by atoms with van der Waals surface area (Å²) >= 11 is 0. The molecule has 0 amide bonds. The largest absolute Gasteiger partial charge is 0.468 e. The third-order valence-electron chi connectivity index (χ3n) is 5.88. The van der Waals surface area contributed by atoms with Crippen LogP contribution in [-0.2, 0) is 47.9 Å². The quantitative estimate of drug-likeness (QED) is 0.0936. The fourth-order valence-corrected chi connectivity index (χ4v) is 3.89. The van der Waals surface area contributed by atoms with Crippen molar-refractivity contribution in [2.45, 2.75) is 19.3 Å². The normalized spacial score (nSPS) is 10.3. The van der Waals surface area contributed by atoms with Gasteiger partial charge in [0.2, 0.25) is 0 Å². The first kappa shape index (κ1) is 28.1. The van der Waals surface area contributed by atoms with Crippen LogP contribution in [0.1, 0.15) is 16.7 Å². The zero-order valence-corrected chi connectivity index (χ0v) is 21.0. The maximum absolute atomic E-state index is 15.4. The summed E-state index contributed by atoms with van der Waals surface area (Å²) in [5.74, 6) is -1.32. The number of ether oxygens (including phenoxy) is 3. The van der Waals surface area contributed by atoms with Gasteiger partial charge in [0.05, 0.1) is 19.8 Å². The minimum Gasteiger partial charge on any atom is -0.468 e. The van der Waals surface area contributed by atoms with Gasteiger partial charge in [-0.3, -0.25) is 4.79 Å². The van der Waals surface area contributed by atoms with Gasteiger partial charge in [0.25, 0.3) is 6.47 Å². The Morgan fingerprint density at radius 2 is 1.21 bits per heavy atom. The second kappa shape index (κ2) is 14.3. The maximum atomic E-state index is 15.4. The molecule has 0 aliphatic heterocycles. The van der Waals surface area contributed by atoms with Crippen LogP contribution in [0, 0.1) is 5.82 Å². The van der Waals surface area contributed by atoms with Crippen molar-refractivity contribution in [3.63, 3.8) is 0 Å². The molecule has 0 atom stereocenters. The number of carbonyl (C=O) groups is 3. The van der Waals surface area contributed by atoms with Crippen LogP contribution in [0.5, 0.6) is 0 Å². The first-order valence-electron chi connectivity index (χ1n) is 12.1. The van der Waals surface area contributed by atoms with Gasteiger partial charge >= 0.3 is 11.9 Å². The smallest absolute Gasteiger partial charge is 0.330 e. The van der Waals surface area contributed by atoms with Crippen LogP contribution < -0.4 is 0 Å². The lowest BCUT2D eigenvalue weighted by Crippen LogP contribution is -2.04. The number of rotatable bonds is 14. The fourth-order valence-electron chi connectivity index (χ4n) is 3.89. The van der Waals surface area contributed by atoms with Gasteiger partial charge < -0.3 is 14.2 Å². The lowest BCUT2D eigenvalue weighted by molar-refractivity contribution is -0.138. The molecule has 38 heavy (non-hydrogen) atoms. The Kier molecular flexibility index (Phi) is 10.5. The van der Waals surface area contributed by atoms with Gasteiger partial charge in [0.1, 0.15) is 5.82 Å². The van der Waals surface area contributed by atoms with Gasteiger partial charge in [0, 0.05) is 37.0 Å². The third kappa shape index (κ3) is 8.00. The summed E-state index contributed by atoms with van der Waals surface area (Å²) in [6.45, 7) is 7.76. The van der Waals surface area contributed by atoms with E-state index in [1.165, 1.54) is 6.07 Å². The van der Waals surface area contributed by atoms with Gasteiger partial charge in [-0.15, -0.1) is 0 Å². The molecule has 0 spiro atoms. The van der Waals surface area contributed by atoms with Crippen LogP contribution in [0.15, 0.2) is 86.0 Å². The number of carbonyl (C=O) groups excluding carboxylic acids is 3. The summed E-state index contributed by atoms with van der Waals surface area (Å²) < 4.78 is 30.3. The van der Waals surface area contributed by atoms with Crippen molar-refractivity contribution < 1.29 is 33.0 Å². The molecule has 0 radical (unpaired) electrons. The summed E-state index contributed by atoms with van der Waals surface area (Å²) in [5, 5.41) is 0. The van der Waals surface area contributed by atoms with Crippen LogP contribution >= 0.6 is 0 Å². The van der Waals surface area contributed by atoms with Crippen molar-refractivity contribution in [1.29, 1.82) is 0 Å². The van der Waals surface area contributed by atoms with Crippen molar-refractivity contribution in [3.8, 4) is 22.3 Å². The molecule has 0 saturated heterocycles. The highest BCUT2D eigenvalue weighted by Crippen LogP contribution is 2.32. The van der Waals surface area contributed by atoms with Crippen LogP contribution in [0.2, 0.25) is 0 Å². The Hall–Kier alpha value is -4.52. The molecule has 0 aliphatic rings. The molecule has 3 aromatic carbocycles. The highest BCUT2D eigenvalue weighted by molar-refractivity contribution is 5.81. The fraction of sp³-hybridized carbons (Fsp3) is 0.194. The molecule has 0 saturated carbocycles. The van der Waals surface area contributed by atoms with E-state index in [1.54, 1.807) is 6.07 Å². The van der Waals surface area contributed by atoms with E-state index in [-0.39, 0.29) is 25.6 Å². The van der Waals surface area contributed by atoms with Gasteiger partial charge in [-0.2, -0.15) is 0 Å². The van der Waals surface area contributed by atoms with E-state index in [1.807, 2.05) is 48.5 Å². The van der Waals surface area contributed by atoms with Gasteiger partial charge in [-0.1, -0.05) is 61.7 Å². The summed E-state index contributed by atoms with van der Waals surface area (Å²) in [7, 11) is 0. The highest BCUT2D eigenvalue weighted by Gasteiger charge is 2.14. The second-order valence-electron chi connectivity index (χ2n) is 8.34. The molecule has 0 heterocycles. The molecule has 0 aromatic heterocycles. The highest BCUT2D eigenvalue weighted by atomic mass is 19.1. The summed E-state index contributed by atoms with van der Waals surface area (Å²) in [4.78, 5) is 33.1. The van der Waals surface area contributed by atoms with E-state index in [0.717, 1.165) is 34.4 Å². The first-order chi connectivity index (χ1) is 18.4. The van der Waals surface area contributed by atoms with Crippen molar-refractivity contribution in [1.82, 2.24) is 0 Å². The minimum absolute atomic E-state index is 0.163. The average Bonchev–Trinajstić information content (AvgIpc) is 2.94. The van der Waals surface area contributed by atoms with Crippen LogP contribution in [0.25, 0.3) is 22.3 Å². The Morgan fingerprint density at radius 1 is 0.711 bits per heavy atom. The summed E-state index contributed by atoms with van der Waals surface area (Å²) in [5.41, 5.74) is 5.38. The first-order valence-corrected chi connectivity index (χ1v) is 12.1. The van der Waals surface area contributed by atoms with Crippen LogP contribution in [0.3, 0.4) is 0 Å². The van der Waals surface area contributed by atoms with E-state index in [2.05, 4.69) is 13.2 Å². The van der Waals surface area contributed by atoms with Gasteiger partial charge in [-0.05, 0) is 45.5 Å². The number of benzene rings is 3. The zero-order chi connectivity index (χ0) is 27.3. The van der Waals surface area contributed by atoms with Crippen LogP contribution in [0.4, 0.5) is 4.39 Å². The number of esters is 2. The molecule has 0 fully saturated rings. The van der Waals surface area contributed by atoms with Crippen molar-refractivity contribution in [2.75, 3.05) is 19.8 Å². The lowest BCUT2D eigenvalue weighted by Gasteiger charge is -2.15. The molecule has 196 valence electrons. The summed E-state index contributed by atoms with van der Waals surface area (Å²) in [6, 6.07) is 18.2. The van der Waals surface area contributed by atoms with Gasteiger partial charge in [-0.25, -0.2) is 14.0 Å². The lowest BCUT2D eigenvalue weighted by atomic mass is 9.92. The van der Waals surface area contributed by atoms with Crippen molar-refractivity contribution >= 4 is 18.4 Å². The van der Waals surface area contributed by atoms with E-state index >= 15 is 4.39 Å². The van der Waals surface area contributed by atoms with Crippen molar-refractivity contribution in [2.24, 2.45) is 0 Å². The second-order valence-corrected chi connectivity index (χ2v) is 8.34. The zero-order valence-electron chi connectivity index (χ0n) is 21.0. The molecule has 0 aliphatic carbocycles. The Balaban J connectivity index is 1.81. The van der Waals surface area contributed by atoms with Crippen LogP contribution in [-0.4, -0.2) is 38.2 Å². The molecule has 3 aromatic rings. The van der Waals surface area contributed by atoms with Gasteiger partial charge in [0.15, 0.2) is 0 Å².